The van der Waals surface area contributed by atoms with Crippen molar-refractivity contribution in [2.75, 3.05) is 19.6 Å². The van der Waals surface area contributed by atoms with Crippen LogP contribution in [0, 0.1) is 11.6 Å². The fourth-order valence-electron chi connectivity index (χ4n) is 2.62. The maximum Gasteiger partial charge on any atom is 0.254 e. The Bertz CT molecular complexity index is 896. The molecule has 0 spiro atoms. The van der Waals surface area contributed by atoms with E-state index in [1.807, 2.05) is 0 Å². The van der Waals surface area contributed by atoms with Crippen LogP contribution in [0.3, 0.4) is 0 Å². The van der Waals surface area contributed by atoms with Crippen LogP contribution in [0.25, 0.3) is 0 Å². The molecular formula is C19H22F2N2O3S. The zero-order valence-corrected chi connectivity index (χ0v) is 16.0. The van der Waals surface area contributed by atoms with Gasteiger partial charge in [0.1, 0.15) is 11.6 Å². The summed E-state index contributed by atoms with van der Waals surface area (Å²) in [6, 6.07) is 9.01. The summed E-state index contributed by atoms with van der Waals surface area (Å²) < 4.78 is 53.3. The van der Waals surface area contributed by atoms with E-state index in [1.54, 1.807) is 26.0 Å². The Labute approximate surface area is 158 Å². The number of rotatable bonds is 8. The molecule has 1 N–H and O–H groups in total. The van der Waals surface area contributed by atoms with E-state index in [2.05, 4.69) is 5.32 Å². The van der Waals surface area contributed by atoms with Gasteiger partial charge >= 0.3 is 0 Å². The third-order valence-electron chi connectivity index (χ3n) is 4.14. The fraction of sp³-hybridized carbons (Fsp3) is 0.316. The van der Waals surface area contributed by atoms with E-state index < -0.39 is 21.7 Å². The Morgan fingerprint density at radius 3 is 2.26 bits per heavy atom. The van der Waals surface area contributed by atoms with Crippen LogP contribution >= 0.6 is 0 Å². The standard InChI is InChI=1S/C19H22F2N2O3S/c1-3-23(4-2)27(25,26)16-9-10-18(21)17(13-16)19(24)22-12-11-14-5-7-15(20)8-6-14/h5-10,13H,3-4,11-12H2,1-2H3,(H,22,24). The van der Waals surface area contributed by atoms with Gasteiger partial charge in [-0.2, -0.15) is 4.31 Å². The molecule has 8 heteroatoms. The van der Waals surface area contributed by atoms with E-state index in [-0.39, 0.29) is 35.9 Å². The van der Waals surface area contributed by atoms with Gasteiger partial charge in [0.15, 0.2) is 0 Å². The summed E-state index contributed by atoms with van der Waals surface area (Å²) in [6.45, 7) is 4.16. The maximum atomic E-state index is 14.1. The lowest BCUT2D eigenvalue weighted by molar-refractivity contribution is 0.0950. The predicted molar refractivity (Wildman–Crippen MR) is 98.9 cm³/mol. The SMILES string of the molecule is CCN(CC)S(=O)(=O)c1ccc(F)c(C(=O)NCCc2ccc(F)cc2)c1. The molecule has 0 aliphatic rings. The number of carbonyl (C=O) groups is 1. The first-order valence-electron chi connectivity index (χ1n) is 8.62. The minimum absolute atomic E-state index is 0.128. The third-order valence-corrected chi connectivity index (χ3v) is 6.18. The van der Waals surface area contributed by atoms with Crippen molar-refractivity contribution in [2.24, 2.45) is 0 Å². The third kappa shape index (κ3) is 5.11. The summed E-state index contributed by atoms with van der Waals surface area (Å²) in [5, 5.41) is 2.56. The first-order chi connectivity index (χ1) is 12.8. The van der Waals surface area contributed by atoms with Gasteiger partial charge in [-0.25, -0.2) is 17.2 Å². The fourth-order valence-corrected chi connectivity index (χ4v) is 4.10. The number of hydrogen-bond donors (Lipinski definition) is 1. The Morgan fingerprint density at radius 2 is 1.67 bits per heavy atom. The van der Waals surface area contributed by atoms with Crippen LogP contribution in [0.5, 0.6) is 0 Å². The molecule has 0 atom stereocenters. The van der Waals surface area contributed by atoms with Crippen molar-refractivity contribution in [1.29, 1.82) is 0 Å². The number of hydrogen-bond acceptors (Lipinski definition) is 3. The van der Waals surface area contributed by atoms with E-state index in [9.17, 15) is 22.0 Å². The monoisotopic (exact) mass is 396 g/mol. The van der Waals surface area contributed by atoms with Gasteiger partial charge in [0, 0.05) is 19.6 Å². The molecule has 2 rings (SSSR count). The van der Waals surface area contributed by atoms with Crippen molar-refractivity contribution in [3.63, 3.8) is 0 Å². The molecule has 0 saturated carbocycles. The molecule has 0 aliphatic carbocycles. The van der Waals surface area contributed by atoms with Crippen LogP contribution in [-0.4, -0.2) is 38.3 Å². The average molecular weight is 396 g/mol. The van der Waals surface area contributed by atoms with Crippen LogP contribution in [0.2, 0.25) is 0 Å². The molecule has 0 bridgehead atoms. The van der Waals surface area contributed by atoms with Gasteiger partial charge in [-0.05, 0) is 42.3 Å². The Morgan fingerprint density at radius 1 is 1.04 bits per heavy atom. The molecule has 2 aromatic rings. The van der Waals surface area contributed by atoms with E-state index in [0.717, 1.165) is 23.8 Å². The van der Waals surface area contributed by atoms with E-state index in [1.165, 1.54) is 16.4 Å². The highest BCUT2D eigenvalue weighted by Gasteiger charge is 2.24. The number of amides is 1. The minimum Gasteiger partial charge on any atom is -0.352 e. The normalized spacial score (nSPS) is 11.6. The second kappa shape index (κ2) is 9.05. The van der Waals surface area contributed by atoms with Crippen LogP contribution < -0.4 is 5.32 Å². The maximum absolute atomic E-state index is 14.1. The van der Waals surface area contributed by atoms with Crippen molar-refractivity contribution in [3.8, 4) is 0 Å². The van der Waals surface area contributed by atoms with E-state index in [0.29, 0.717) is 6.42 Å². The molecule has 5 nitrogen and oxygen atoms in total. The van der Waals surface area contributed by atoms with Gasteiger partial charge in [0.25, 0.3) is 5.91 Å². The van der Waals surface area contributed by atoms with E-state index >= 15 is 0 Å². The average Bonchev–Trinajstić information content (AvgIpc) is 2.64. The van der Waals surface area contributed by atoms with E-state index in [4.69, 9.17) is 0 Å². The molecule has 0 fully saturated rings. The van der Waals surface area contributed by atoms with Crippen molar-refractivity contribution in [3.05, 3.63) is 65.2 Å². The minimum atomic E-state index is -3.79. The summed E-state index contributed by atoms with van der Waals surface area (Å²) in [4.78, 5) is 12.1. The quantitative estimate of drug-likeness (QED) is 0.746. The molecule has 0 unspecified atom stereocenters. The smallest absolute Gasteiger partial charge is 0.254 e. The lowest BCUT2D eigenvalue weighted by atomic mass is 10.1. The van der Waals surface area contributed by atoms with Crippen molar-refractivity contribution >= 4 is 15.9 Å². The molecule has 0 aliphatic heterocycles. The zero-order chi connectivity index (χ0) is 20.0. The first-order valence-corrected chi connectivity index (χ1v) is 10.1. The van der Waals surface area contributed by atoms with Gasteiger partial charge in [-0.1, -0.05) is 26.0 Å². The number of nitrogens with zero attached hydrogens (tertiary/aromatic N) is 1. The second-order valence-electron chi connectivity index (χ2n) is 5.86. The molecule has 146 valence electrons. The zero-order valence-electron chi connectivity index (χ0n) is 15.2. The van der Waals surface area contributed by atoms with Crippen LogP contribution in [0.4, 0.5) is 8.78 Å². The molecule has 0 aromatic heterocycles. The summed E-state index contributed by atoms with van der Waals surface area (Å²) in [5.41, 5.74) is 0.484. The summed E-state index contributed by atoms with van der Waals surface area (Å²) in [5.74, 6) is -1.85. The Hall–Kier alpha value is -2.32. The first kappa shape index (κ1) is 21.0. The molecule has 0 heterocycles. The Kier molecular flexibility index (Phi) is 7.04. The number of nitrogens with one attached hydrogen (secondary N) is 1. The predicted octanol–water partition coefficient (Wildman–Crippen LogP) is 2.97. The van der Waals surface area contributed by atoms with Gasteiger partial charge in [0.05, 0.1) is 10.5 Å². The summed E-state index contributed by atoms with van der Waals surface area (Å²) in [7, 11) is -3.79. The second-order valence-corrected chi connectivity index (χ2v) is 7.80. The van der Waals surface area contributed by atoms with Crippen LogP contribution in [0.15, 0.2) is 47.4 Å². The number of carbonyl (C=O) groups excluding carboxylic acids is 1. The van der Waals surface area contributed by atoms with Gasteiger partial charge in [-0.3, -0.25) is 4.79 Å². The van der Waals surface area contributed by atoms with Crippen molar-refractivity contribution in [2.45, 2.75) is 25.2 Å². The van der Waals surface area contributed by atoms with Gasteiger partial charge < -0.3 is 5.32 Å². The van der Waals surface area contributed by atoms with Crippen molar-refractivity contribution in [1.82, 2.24) is 9.62 Å². The van der Waals surface area contributed by atoms with Crippen LogP contribution in [0.1, 0.15) is 29.8 Å². The number of halogens is 2. The molecule has 0 radical (unpaired) electrons. The lowest BCUT2D eigenvalue weighted by Crippen LogP contribution is -2.31. The number of sulfonamides is 1. The molecule has 2 aromatic carbocycles. The lowest BCUT2D eigenvalue weighted by Gasteiger charge is -2.19. The highest BCUT2D eigenvalue weighted by molar-refractivity contribution is 7.89. The van der Waals surface area contributed by atoms with Gasteiger partial charge in [-0.15, -0.1) is 0 Å². The van der Waals surface area contributed by atoms with Crippen LogP contribution in [-0.2, 0) is 16.4 Å². The van der Waals surface area contributed by atoms with Crippen molar-refractivity contribution < 1.29 is 22.0 Å². The molecule has 0 saturated heterocycles. The summed E-state index contributed by atoms with van der Waals surface area (Å²) >= 11 is 0. The van der Waals surface area contributed by atoms with Gasteiger partial charge in [0.2, 0.25) is 10.0 Å². The molecule has 27 heavy (non-hydrogen) atoms. The molecule has 1 amide bonds. The number of benzene rings is 2. The highest BCUT2D eigenvalue weighted by Crippen LogP contribution is 2.19. The topological polar surface area (TPSA) is 66.5 Å². The molecular weight excluding hydrogens is 374 g/mol. The highest BCUT2D eigenvalue weighted by atomic mass is 32.2. The Balaban J connectivity index is 2.12. The summed E-state index contributed by atoms with van der Waals surface area (Å²) in [6.07, 6.45) is 0.436. The largest absolute Gasteiger partial charge is 0.352 e.